The highest BCUT2D eigenvalue weighted by molar-refractivity contribution is 5.76. The lowest BCUT2D eigenvalue weighted by molar-refractivity contribution is -0.122. The average molecular weight is 228 g/mol. The highest BCUT2D eigenvalue weighted by Gasteiger charge is 2.26. The molecule has 0 aromatic heterocycles. The van der Waals surface area contributed by atoms with Gasteiger partial charge in [0.05, 0.1) is 0 Å². The van der Waals surface area contributed by atoms with Crippen LogP contribution in [0.2, 0.25) is 0 Å². The van der Waals surface area contributed by atoms with E-state index in [0.29, 0.717) is 24.9 Å². The molecule has 0 bridgehead atoms. The number of carbonyl (C=O) groups is 1. The quantitative estimate of drug-likeness (QED) is 0.640. The molecule has 16 heavy (non-hydrogen) atoms. The summed E-state index contributed by atoms with van der Waals surface area (Å²) in [5.41, 5.74) is 5.67. The smallest absolute Gasteiger partial charge is 0.220 e. The molecule has 1 amide bonds. The summed E-state index contributed by atoms with van der Waals surface area (Å²) < 4.78 is 4.94. The summed E-state index contributed by atoms with van der Waals surface area (Å²) >= 11 is 0. The molecule has 4 heteroatoms. The molecular formula is C12H24N2O2. The Morgan fingerprint density at radius 3 is 2.94 bits per heavy atom. The van der Waals surface area contributed by atoms with Gasteiger partial charge < -0.3 is 15.8 Å². The molecule has 2 unspecified atom stereocenters. The number of hydrogen-bond donors (Lipinski definition) is 2. The molecule has 1 aliphatic rings. The van der Waals surface area contributed by atoms with Gasteiger partial charge in [-0.1, -0.05) is 6.42 Å². The standard InChI is InChI=1S/C12H24N2O2/c1-16-8-3-2-7-12(15)14-11-6-4-5-10(11)9-13/h10-11H,2-9,13H2,1H3,(H,14,15). The number of hydrogen-bond acceptors (Lipinski definition) is 3. The fraction of sp³-hybridized carbons (Fsp3) is 0.917. The summed E-state index contributed by atoms with van der Waals surface area (Å²) in [6.07, 6.45) is 5.90. The lowest BCUT2D eigenvalue weighted by Gasteiger charge is -2.19. The Kier molecular flexibility index (Phi) is 6.42. The number of unbranched alkanes of at least 4 members (excludes halogenated alkanes) is 1. The monoisotopic (exact) mass is 228 g/mol. The second-order valence-corrected chi connectivity index (χ2v) is 4.55. The van der Waals surface area contributed by atoms with Crippen LogP contribution < -0.4 is 11.1 Å². The largest absolute Gasteiger partial charge is 0.385 e. The molecule has 0 aromatic rings. The number of nitrogens with two attached hydrogens (primary N) is 1. The summed E-state index contributed by atoms with van der Waals surface area (Å²) in [5, 5.41) is 3.10. The Hall–Kier alpha value is -0.610. The zero-order chi connectivity index (χ0) is 11.8. The maximum Gasteiger partial charge on any atom is 0.220 e. The summed E-state index contributed by atoms with van der Waals surface area (Å²) in [6.45, 7) is 1.43. The third-order valence-electron chi connectivity index (χ3n) is 3.31. The first-order chi connectivity index (χ1) is 7.77. The van der Waals surface area contributed by atoms with Crippen LogP contribution in [0.25, 0.3) is 0 Å². The lowest BCUT2D eigenvalue weighted by Crippen LogP contribution is -2.39. The molecule has 2 atom stereocenters. The molecule has 4 nitrogen and oxygen atoms in total. The van der Waals surface area contributed by atoms with Gasteiger partial charge in [-0.15, -0.1) is 0 Å². The van der Waals surface area contributed by atoms with Crippen LogP contribution in [-0.4, -0.2) is 32.2 Å². The lowest BCUT2D eigenvalue weighted by atomic mass is 10.0. The number of carbonyl (C=O) groups excluding carboxylic acids is 1. The molecule has 0 aromatic carbocycles. The van der Waals surface area contributed by atoms with E-state index in [4.69, 9.17) is 10.5 Å². The van der Waals surface area contributed by atoms with Gasteiger partial charge in [-0.05, 0) is 38.1 Å². The molecule has 94 valence electrons. The van der Waals surface area contributed by atoms with Crippen LogP contribution in [0.3, 0.4) is 0 Å². The molecule has 1 rings (SSSR count). The molecule has 0 radical (unpaired) electrons. The van der Waals surface area contributed by atoms with E-state index in [2.05, 4.69) is 5.32 Å². The fourth-order valence-corrected chi connectivity index (χ4v) is 2.32. The third-order valence-corrected chi connectivity index (χ3v) is 3.31. The van der Waals surface area contributed by atoms with Crippen molar-refractivity contribution < 1.29 is 9.53 Å². The van der Waals surface area contributed by atoms with Crippen LogP contribution >= 0.6 is 0 Å². The Morgan fingerprint density at radius 2 is 2.25 bits per heavy atom. The SMILES string of the molecule is COCCCCC(=O)NC1CCCC1CN. The molecule has 1 aliphatic carbocycles. The predicted molar refractivity (Wildman–Crippen MR) is 64.1 cm³/mol. The second-order valence-electron chi connectivity index (χ2n) is 4.55. The zero-order valence-corrected chi connectivity index (χ0v) is 10.2. The van der Waals surface area contributed by atoms with Crippen LogP contribution in [-0.2, 0) is 9.53 Å². The maximum atomic E-state index is 11.6. The van der Waals surface area contributed by atoms with Crippen molar-refractivity contribution in [2.24, 2.45) is 11.7 Å². The molecule has 1 saturated carbocycles. The van der Waals surface area contributed by atoms with Crippen molar-refractivity contribution >= 4 is 5.91 Å². The number of nitrogens with one attached hydrogen (secondary N) is 1. The first-order valence-electron chi connectivity index (χ1n) is 6.26. The van der Waals surface area contributed by atoms with Crippen molar-refractivity contribution in [3.05, 3.63) is 0 Å². The Bertz CT molecular complexity index is 209. The van der Waals surface area contributed by atoms with E-state index in [9.17, 15) is 4.79 Å². The topological polar surface area (TPSA) is 64.3 Å². The van der Waals surface area contributed by atoms with Crippen LogP contribution in [0.15, 0.2) is 0 Å². The van der Waals surface area contributed by atoms with Gasteiger partial charge >= 0.3 is 0 Å². The Balaban J connectivity index is 2.13. The number of amides is 1. The van der Waals surface area contributed by atoms with Crippen molar-refractivity contribution in [2.45, 2.75) is 44.6 Å². The molecule has 0 saturated heterocycles. The van der Waals surface area contributed by atoms with Crippen LogP contribution in [0, 0.1) is 5.92 Å². The summed E-state index contributed by atoms with van der Waals surface area (Å²) in [7, 11) is 1.68. The normalized spacial score (nSPS) is 24.6. The van der Waals surface area contributed by atoms with E-state index >= 15 is 0 Å². The van der Waals surface area contributed by atoms with Gasteiger partial charge in [-0.3, -0.25) is 4.79 Å². The number of rotatable bonds is 7. The third kappa shape index (κ3) is 4.49. The fourth-order valence-electron chi connectivity index (χ4n) is 2.32. The van der Waals surface area contributed by atoms with Crippen LogP contribution in [0.4, 0.5) is 0 Å². The van der Waals surface area contributed by atoms with E-state index in [-0.39, 0.29) is 5.91 Å². The first kappa shape index (κ1) is 13.5. The highest BCUT2D eigenvalue weighted by Crippen LogP contribution is 2.24. The van der Waals surface area contributed by atoms with Gasteiger partial charge in [-0.2, -0.15) is 0 Å². The van der Waals surface area contributed by atoms with Crippen molar-refractivity contribution in [1.82, 2.24) is 5.32 Å². The van der Waals surface area contributed by atoms with Gasteiger partial charge in [-0.25, -0.2) is 0 Å². The van der Waals surface area contributed by atoms with Gasteiger partial charge in [0.25, 0.3) is 0 Å². The van der Waals surface area contributed by atoms with Gasteiger partial charge in [0, 0.05) is 26.2 Å². The zero-order valence-electron chi connectivity index (χ0n) is 10.2. The van der Waals surface area contributed by atoms with Gasteiger partial charge in [0.1, 0.15) is 0 Å². The molecule has 0 heterocycles. The van der Waals surface area contributed by atoms with Crippen molar-refractivity contribution in [3.63, 3.8) is 0 Å². The Morgan fingerprint density at radius 1 is 1.44 bits per heavy atom. The molecule has 3 N–H and O–H groups in total. The van der Waals surface area contributed by atoms with Crippen molar-refractivity contribution in [1.29, 1.82) is 0 Å². The van der Waals surface area contributed by atoms with Crippen LogP contribution in [0.5, 0.6) is 0 Å². The summed E-state index contributed by atoms with van der Waals surface area (Å²) in [4.78, 5) is 11.6. The van der Waals surface area contributed by atoms with Crippen molar-refractivity contribution in [3.8, 4) is 0 Å². The minimum absolute atomic E-state index is 0.168. The van der Waals surface area contributed by atoms with E-state index in [0.717, 1.165) is 32.3 Å². The first-order valence-corrected chi connectivity index (χ1v) is 6.26. The average Bonchev–Trinajstić information content (AvgIpc) is 2.71. The molecule has 0 aliphatic heterocycles. The van der Waals surface area contributed by atoms with E-state index in [1.807, 2.05) is 0 Å². The van der Waals surface area contributed by atoms with Crippen molar-refractivity contribution in [2.75, 3.05) is 20.3 Å². The van der Waals surface area contributed by atoms with Gasteiger partial charge in [0.2, 0.25) is 5.91 Å². The summed E-state index contributed by atoms with van der Waals surface area (Å²) in [6, 6.07) is 0.319. The second kappa shape index (κ2) is 7.63. The number of methoxy groups -OCH3 is 1. The summed E-state index contributed by atoms with van der Waals surface area (Å²) in [5.74, 6) is 0.657. The Labute approximate surface area is 97.9 Å². The minimum Gasteiger partial charge on any atom is -0.385 e. The molecule has 0 spiro atoms. The highest BCUT2D eigenvalue weighted by atomic mass is 16.5. The van der Waals surface area contributed by atoms with Gasteiger partial charge in [0.15, 0.2) is 0 Å². The number of ether oxygens (including phenoxy) is 1. The minimum atomic E-state index is 0.168. The maximum absolute atomic E-state index is 11.6. The van der Waals surface area contributed by atoms with E-state index in [1.54, 1.807) is 7.11 Å². The van der Waals surface area contributed by atoms with E-state index in [1.165, 1.54) is 6.42 Å². The molecule has 1 fully saturated rings. The molecular weight excluding hydrogens is 204 g/mol. The van der Waals surface area contributed by atoms with Crippen LogP contribution in [0.1, 0.15) is 38.5 Å². The van der Waals surface area contributed by atoms with E-state index < -0.39 is 0 Å². The predicted octanol–water partition coefficient (Wildman–Crippen LogP) is 1.05.